The van der Waals surface area contributed by atoms with Crippen molar-refractivity contribution >= 4 is 29.4 Å². The molecule has 0 aliphatic heterocycles. The summed E-state index contributed by atoms with van der Waals surface area (Å²) in [6, 6.07) is 6.11. The van der Waals surface area contributed by atoms with Gasteiger partial charge in [0.25, 0.3) is 12.3 Å². The largest absolute Gasteiger partial charge is 0.486 e. The lowest BCUT2D eigenvalue weighted by molar-refractivity contribution is -0.117. The number of aryl methyl sites for hydroxylation is 1. The van der Waals surface area contributed by atoms with E-state index in [0.717, 1.165) is 12.8 Å². The maximum Gasteiger partial charge on any atom is 0.272 e. The molecule has 2 amide bonds. The molecule has 7 nitrogen and oxygen atoms in total. The molecule has 0 atom stereocenters. The van der Waals surface area contributed by atoms with Crippen LogP contribution in [0.15, 0.2) is 24.3 Å². The summed E-state index contributed by atoms with van der Waals surface area (Å²) in [5.74, 6) is -0.369. The normalized spacial score (nSPS) is 13.3. The van der Waals surface area contributed by atoms with Gasteiger partial charge in [0.15, 0.2) is 0 Å². The topological polar surface area (TPSA) is 93.2 Å². The smallest absolute Gasteiger partial charge is 0.272 e. The lowest BCUT2D eigenvalue weighted by Crippen LogP contribution is -2.25. The highest BCUT2D eigenvalue weighted by atomic mass is 35.5. The molecule has 2 aromatic rings. The van der Waals surface area contributed by atoms with Crippen molar-refractivity contribution in [1.29, 1.82) is 0 Å². The summed E-state index contributed by atoms with van der Waals surface area (Å²) >= 11 is 6.02. The second kappa shape index (κ2) is 9.13. The van der Waals surface area contributed by atoms with Gasteiger partial charge in [-0.15, -0.1) is 0 Å². The summed E-state index contributed by atoms with van der Waals surface area (Å²) in [7, 11) is 0. The van der Waals surface area contributed by atoms with E-state index < -0.39 is 18.9 Å². The van der Waals surface area contributed by atoms with E-state index in [1.807, 2.05) is 0 Å². The molecule has 154 valence electrons. The van der Waals surface area contributed by atoms with Gasteiger partial charge < -0.3 is 10.1 Å². The lowest BCUT2D eigenvalue weighted by Gasteiger charge is -2.10. The molecule has 1 aliphatic carbocycles. The number of amides is 2. The van der Waals surface area contributed by atoms with Gasteiger partial charge in [0, 0.05) is 18.2 Å². The molecule has 0 spiro atoms. The Hall–Kier alpha value is -2.81. The standard InChI is InChI=1S/C19H19ClF2N4O3/c1-10-6-14(25-19(24-10)26-17(27)12-3-4-12)18(28)23-8-11-2-5-15(13(20)7-11)29-9-16(21)22/h2,5-7,12,16H,3-4,8-9H2,1H3,(H,23,28)(H,24,25,26,27). The molecule has 29 heavy (non-hydrogen) atoms. The number of hydrogen-bond donors (Lipinski definition) is 2. The van der Waals surface area contributed by atoms with Gasteiger partial charge in [0.05, 0.1) is 5.02 Å². The van der Waals surface area contributed by atoms with Gasteiger partial charge in [-0.1, -0.05) is 17.7 Å². The van der Waals surface area contributed by atoms with E-state index in [1.165, 1.54) is 18.2 Å². The minimum absolute atomic E-state index is 0.00576. The molecule has 0 saturated heterocycles. The van der Waals surface area contributed by atoms with Crippen molar-refractivity contribution in [2.45, 2.75) is 32.7 Å². The number of benzene rings is 1. The Bertz CT molecular complexity index is 922. The number of alkyl halides is 2. The number of carbonyl (C=O) groups excluding carboxylic acids is 2. The number of nitrogens with zero attached hydrogens (tertiary/aromatic N) is 2. The second-order valence-electron chi connectivity index (χ2n) is 6.63. The van der Waals surface area contributed by atoms with Gasteiger partial charge in [-0.2, -0.15) is 0 Å². The van der Waals surface area contributed by atoms with Crippen LogP contribution in [0.3, 0.4) is 0 Å². The predicted octanol–water partition coefficient (Wildman–Crippen LogP) is 3.36. The van der Waals surface area contributed by atoms with Crippen LogP contribution in [0, 0.1) is 12.8 Å². The van der Waals surface area contributed by atoms with Crippen LogP contribution in [0.1, 0.15) is 34.6 Å². The molecular weight excluding hydrogens is 406 g/mol. The molecule has 1 aromatic carbocycles. The fourth-order valence-electron chi connectivity index (χ4n) is 2.50. The molecule has 1 aromatic heterocycles. The Morgan fingerprint density at radius 3 is 2.69 bits per heavy atom. The van der Waals surface area contributed by atoms with Crippen molar-refractivity contribution in [1.82, 2.24) is 15.3 Å². The first-order valence-electron chi connectivity index (χ1n) is 8.96. The summed E-state index contributed by atoms with van der Waals surface area (Å²) in [6.07, 6.45) is -0.903. The molecule has 3 rings (SSSR count). The minimum atomic E-state index is -2.60. The maximum atomic E-state index is 12.4. The van der Waals surface area contributed by atoms with E-state index in [0.29, 0.717) is 11.3 Å². The first kappa shape index (κ1) is 20.9. The third kappa shape index (κ3) is 6.08. The third-order valence-electron chi connectivity index (χ3n) is 4.08. The molecule has 10 heteroatoms. The quantitative estimate of drug-likeness (QED) is 0.677. The van der Waals surface area contributed by atoms with Crippen LogP contribution in [0.25, 0.3) is 0 Å². The molecule has 1 aliphatic rings. The first-order valence-corrected chi connectivity index (χ1v) is 9.33. The molecule has 1 heterocycles. The van der Waals surface area contributed by atoms with E-state index in [1.54, 1.807) is 13.0 Å². The van der Waals surface area contributed by atoms with Gasteiger partial charge in [-0.3, -0.25) is 14.9 Å². The minimum Gasteiger partial charge on any atom is -0.486 e. The van der Waals surface area contributed by atoms with E-state index in [-0.39, 0.29) is 40.8 Å². The summed E-state index contributed by atoms with van der Waals surface area (Å²) < 4.78 is 29.4. The Morgan fingerprint density at radius 2 is 2.03 bits per heavy atom. The average Bonchev–Trinajstić information content (AvgIpc) is 3.50. The lowest BCUT2D eigenvalue weighted by atomic mass is 10.2. The zero-order valence-electron chi connectivity index (χ0n) is 15.5. The Morgan fingerprint density at radius 1 is 1.28 bits per heavy atom. The number of rotatable bonds is 8. The average molecular weight is 425 g/mol. The number of aromatic nitrogens is 2. The molecule has 0 radical (unpaired) electrons. The van der Waals surface area contributed by atoms with E-state index in [2.05, 4.69) is 20.6 Å². The van der Waals surface area contributed by atoms with Crippen molar-refractivity contribution in [2.75, 3.05) is 11.9 Å². The highest BCUT2D eigenvalue weighted by Gasteiger charge is 2.30. The fourth-order valence-corrected chi connectivity index (χ4v) is 2.75. The number of carbonyl (C=O) groups is 2. The highest BCUT2D eigenvalue weighted by Crippen LogP contribution is 2.29. The van der Waals surface area contributed by atoms with Gasteiger partial charge in [0.1, 0.15) is 18.1 Å². The highest BCUT2D eigenvalue weighted by molar-refractivity contribution is 6.32. The summed E-state index contributed by atoms with van der Waals surface area (Å²) in [6.45, 7) is 1.09. The zero-order valence-corrected chi connectivity index (χ0v) is 16.3. The van der Waals surface area contributed by atoms with Crippen molar-refractivity contribution in [3.05, 3.63) is 46.2 Å². The first-order chi connectivity index (χ1) is 13.8. The number of anilines is 1. The van der Waals surface area contributed by atoms with Crippen molar-refractivity contribution in [3.63, 3.8) is 0 Å². The van der Waals surface area contributed by atoms with Gasteiger partial charge in [-0.05, 0) is 43.5 Å². The summed E-state index contributed by atoms with van der Waals surface area (Å²) in [5, 5.41) is 5.48. The molecule has 0 bridgehead atoms. The number of hydrogen-bond acceptors (Lipinski definition) is 5. The van der Waals surface area contributed by atoms with E-state index in [4.69, 9.17) is 16.3 Å². The second-order valence-corrected chi connectivity index (χ2v) is 7.04. The number of halogens is 3. The van der Waals surface area contributed by atoms with Crippen LogP contribution in [-0.2, 0) is 11.3 Å². The van der Waals surface area contributed by atoms with Gasteiger partial charge in [0.2, 0.25) is 11.9 Å². The SMILES string of the molecule is Cc1cc(C(=O)NCc2ccc(OCC(F)F)c(Cl)c2)nc(NC(=O)C2CC2)n1. The molecule has 1 fully saturated rings. The van der Waals surface area contributed by atoms with Crippen LogP contribution in [-0.4, -0.2) is 34.8 Å². The Labute approximate surface area is 170 Å². The van der Waals surface area contributed by atoms with E-state index >= 15 is 0 Å². The molecule has 2 N–H and O–H groups in total. The van der Waals surface area contributed by atoms with E-state index in [9.17, 15) is 18.4 Å². The summed E-state index contributed by atoms with van der Waals surface area (Å²) in [5.41, 5.74) is 1.31. The van der Waals surface area contributed by atoms with Crippen LogP contribution in [0.4, 0.5) is 14.7 Å². The number of ether oxygens (including phenoxy) is 1. The third-order valence-corrected chi connectivity index (χ3v) is 4.38. The fraction of sp³-hybridized carbons (Fsp3) is 0.368. The van der Waals surface area contributed by atoms with Gasteiger partial charge >= 0.3 is 0 Å². The van der Waals surface area contributed by atoms with Crippen LogP contribution in [0.5, 0.6) is 5.75 Å². The zero-order chi connectivity index (χ0) is 21.0. The van der Waals surface area contributed by atoms with Crippen molar-refractivity contribution in [2.24, 2.45) is 5.92 Å². The maximum absolute atomic E-state index is 12.4. The molecule has 0 unspecified atom stereocenters. The van der Waals surface area contributed by atoms with Crippen LogP contribution >= 0.6 is 11.6 Å². The van der Waals surface area contributed by atoms with Crippen molar-refractivity contribution in [3.8, 4) is 5.75 Å². The van der Waals surface area contributed by atoms with Crippen molar-refractivity contribution < 1.29 is 23.1 Å². The number of nitrogens with one attached hydrogen (secondary N) is 2. The predicted molar refractivity (Wildman–Crippen MR) is 102 cm³/mol. The molecular formula is C19H19ClF2N4O3. The summed E-state index contributed by atoms with van der Waals surface area (Å²) in [4.78, 5) is 32.5. The van der Waals surface area contributed by atoms with Gasteiger partial charge in [-0.25, -0.2) is 18.7 Å². The van der Waals surface area contributed by atoms with Crippen LogP contribution in [0.2, 0.25) is 5.02 Å². The molecule has 1 saturated carbocycles. The monoisotopic (exact) mass is 424 g/mol. The Kier molecular flexibility index (Phi) is 6.58. The Balaban J connectivity index is 1.60. The van der Waals surface area contributed by atoms with Crippen LogP contribution < -0.4 is 15.4 Å².